The van der Waals surface area contributed by atoms with Crippen molar-refractivity contribution >= 4 is 22.5 Å². The molecule has 128 valence electrons. The van der Waals surface area contributed by atoms with Crippen LogP contribution in [0.25, 0.3) is 0 Å². The lowest BCUT2D eigenvalue weighted by Gasteiger charge is -2.40. The SMILES string of the molecule is CN1CCN(CCNC(=O)Nc2nncs2)[C@H](c2ccccc2)C1. The smallest absolute Gasteiger partial charge is 0.321 e. The molecule has 7 nitrogen and oxygen atoms in total. The molecule has 0 radical (unpaired) electrons. The van der Waals surface area contributed by atoms with Crippen LogP contribution in [-0.2, 0) is 0 Å². The van der Waals surface area contributed by atoms with Gasteiger partial charge in [-0.15, -0.1) is 10.2 Å². The Kier molecular flexibility index (Phi) is 5.73. The molecule has 2 N–H and O–H groups in total. The molecule has 8 heteroatoms. The van der Waals surface area contributed by atoms with E-state index in [1.54, 1.807) is 5.51 Å². The molecule has 2 heterocycles. The van der Waals surface area contributed by atoms with Gasteiger partial charge in [-0.25, -0.2) is 4.79 Å². The van der Waals surface area contributed by atoms with Crippen LogP contribution in [0, 0.1) is 0 Å². The molecule has 0 spiro atoms. The van der Waals surface area contributed by atoms with Gasteiger partial charge in [-0.05, 0) is 12.6 Å². The first kappa shape index (κ1) is 16.8. The lowest BCUT2D eigenvalue weighted by Crippen LogP contribution is -2.49. The Bertz CT molecular complexity index is 635. The van der Waals surface area contributed by atoms with Crippen LogP contribution in [0.5, 0.6) is 0 Å². The number of amides is 2. The van der Waals surface area contributed by atoms with E-state index in [0.29, 0.717) is 17.7 Å². The zero-order valence-corrected chi connectivity index (χ0v) is 14.5. The summed E-state index contributed by atoms with van der Waals surface area (Å²) in [7, 11) is 2.15. The fourth-order valence-corrected chi connectivity index (χ4v) is 3.34. The van der Waals surface area contributed by atoms with Gasteiger partial charge in [0.25, 0.3) is 0 Å². The van der Waals surface area contributed by atoms with Crippen LogP contribution in [0.2, 0.25) is 0 Å². The van der Waals surface area contributed by atoms with Crippen LogP contribution in [-0.4, -0.2) is 65.8 Å². The van der Waals surface area contributed by atoms with Gasteiger partial charge < -0.3 is 10.2 Å². The van der Waals surface area contributed by atoms with Gasteiger partial charge in [0.1, 0.15) is 5.51 Å². The molecule has 1 fully saturated rings. The average molecular weight is 346 g/mol. The lowest BCUT2D eigenvalue weighted by atomic mass is 10.0. The zero-order valence-electron chi connectivity index (χ0n) is 13.7. The number of urea groups is 1. The van der Waals surface area contributed by atoms with E-state index in [4.69, 9.17) is 0 Å². The molecule has 1 saturated heterocycles. The second-order valence-electron chi connectivity index (χ2n) is 5.85. The van der Waals surface area contributed by atoms with Crippen molar-refractivity contribution in [3.8, 4) is 0 Å². The molecule has 1 aliphatic heterocycles. The van der Waals surface area contributed by atoms with Gasteiger partial charge in [-0.1, -0.05) is 41.7 Å². The van der Waals surface area contributed by atoms with Crippen LogP contribution in [0.3, 0.4) is 0 Å². The second-order valence-corrected chi connectivity index (χ2v) is 6.68. The summed E-state index contributed by atoms with van der Waals surface area (Å²) in [5.41, 5.74) is 2.91. The van der Waals surface area contributed by atoms with E-state index >= 15 is 0 Å². The number of nitrogens with zero attached hydrogens (tertiary/aromatic N) is 4. The van der Waals surface area contributed by atoms with Crippen LogP contribution in [0.1, 0.15) is 11.6 Å². The molecule has 2 amide bonds. The number of carbonyl (C=O) groups is 1. The van der Waals surface area contributed by atoms with E-state index in [9.17, 15) is 4.79 Å². The number of piperazine rings is 1. The highest BCUT2D eigenvalue weighted by atomic mass is 32.1. The molecule has 0 aliphatic carbocycles. The predicted octanol–water partition coefficient (Wildman–Crippen LogP) is 1.65. The number of benzene rings is 1. The maximum absolute atomic E-state index is 11.8. The van der Waals surface area contributed by atoms with Gasteiger partial charge in [0, 0.05) is 38.8 Å². The van der Waals surface area contributed by atoms with Crippen molar-refractivity contribution in [1.82, 2.24) is 25.3 Å². The van der Waals surface area contributed by atoms with Crippen molar-refractivity contribution in [2.24, 2.45) is 0 Å². The minimum Gasteiger partial charge on any atom is -0.337 e. The zero-order chi connectivity index (χ0) is 16.8. The molecular weight excluding hydrogens is 324 g/mol. The number of anilines is 1. The van der Waals surface area contributed by atoms with E-state index in [-0.39, 0.29) is 6.03 Å². The van der Waals surface area contributed by atoms with Crippen molar-refractivity contribution < 1.29 is 4.79 Å². The Morgan fingerprint density at radius 3 is 2.92 bits per heavy atom. The Labute approximate surface area is 145 Å². The van der Waals surface area contributed by atoms with Crippen molar-refractivity contribution in [3.63, 3.8) is 0 Å². The largest absolute Gasteiger partial charge is 0.337 e. The van der Waals surface area contributed by atoms with Crippen LogP contribution >= 0.6 is 11.3 Å². The van der Waals surface area contributed by atoms with Gasteiger partial charge >= 0.3 is 6.03 Å². The van der Waals surface area contributed by atoms with Gasteiger partial charge in [-0.3, -0.25) is 10.2 Å². The molecular formula is C16H22N6OS. The maximum atomic E-state index is 11.8. The summed E-state index contributed by atoms with van der Waals surface area (Å²) < 4.78 is 0. The molecule has 0 unspecified atom stereocenters. The summed E-state index contributed by atoms with van der Waals surface area (Å²) in [5.74, 6) is 0. The lowest BCUT2D eigenvalue weighted by molar-refractivity contribution is 0.0913. The first-order valence-corrected chi connectivity index (χ1v) is 8.89. The van der Waals surface area contributed by atoms with Crippen LogP contribution < -0.4 is 10.6 Å². The van der Waals surface area contributed by atoms with Crippen molar-refractivity contribution in [2.75, 3.05) is 45.1 Å². The molecule has 0 saturated carbocycles. The van der Waals surface area contributed by atoms with Gasteiger partial charge in [0.05, 0.1) is 0 Å². The monoisotopic (exact) mass is 346 g/mol. The molecule has 3 rings (SSSR count). The third-order valence-corrected chi connectivity index (χ3v) is 4.75. The summed E-state index contributed by atoms with van der Waals surface area (Å²) in [5, 5.41) is 13.6. The molecule has 1 aromatic heterocycles. The van der Waals surface area contributed by atoms with E-state index < -0.39 is 0 Å². The third kappa shape index (κ3) is 4.50. The number of carbonyl (C=O) groups excluding carboxylic acids is 1. The summed E-state index contributed by atoms with van der Waals surface area (Å²) in [6.45, 7) is 4.45. The normalized spacial score (nSPS) is 19.1. The fraction of sp³-hybridized carbons (Fsp3) is 0.438. The quantitative estimate of drug-likeness (QED) is 0.861. The number of aromatic nitrogens is 2. The summed E-state index contributed by atoms with van der Waals surface area (Å²) in [6, 6.07) is 10.7. The molecule has 24 heavy (non-hydrogen) atoms. The topological polar surface area (TPSA) is 73.4 Å². The average Bonchev–Trinajstić information content (AvgIpc) is 3.10. The fourth-order valence-electron chi connectivity index (χ4n) is 2.90. The highest BCUT2D eigenvalue weighted by Gasteiger charge is 2.26. The van der Waals surface area contributed by atoms with Crippen molar-refractivity contribution in [3.05, 3.63) is 41.4 Å². The van der Waals surface area contributed by atoms with E-state index in [1.165, 1.54) is 16.9 Å². The number of hydrogen-bond donors (Lipinski definition) is 2. The first-order chi connectivity index (χ1) is 11.7. The molecule has 1 aliphatic rings. The minimum atomic E-state index is -0.239. The summed E-state index contributed by atoms with van der Waals surface area (Å²) in [4.78, 5) is 16.6. The molecule has 1 aromatic carbocycles. The van der Waals surface area contributed by atoms with E-state index in [1.807, 2.05) is 6.07 Å². The number of rotatable bonds is 5. The van der Waals surface area contributed by atoms with Crippen LogP contribution in [0.4, 0.5) is 9.93 Å². The minimum absolute atomic E-state index is 0.239. The van der Waals surface area contributed by atoms with Crippen molar-refractivity contribution in [2.45, 2.75) is 6.04 Å². The Hall–Kier alpha value is -2.03. The second kappa shape index (κ2) is 8.18. The van der Waals surface area contributed by atoms with E-state index in [2.05, 4.69) is 61.9 Å². The molecule has 0 bridgehead atoms. The van der Waals surface area contributed by atoms with Gasteiger partial charge in [0.15, 0.2) is 0 Å². The summed E-state index contributed by atoms with van der Waals surface area (Å²) >= 11 is 1.30. The third-order valence-electron chi connectivity index (χ3n) is 4.14. The Morgan fingerprint density at radius 1 is 1.33 bits per heavy atom. The highest BCUT2D eigenvalue weighted by molar-refractivity contribution is 7.13. The van der Waals surface area contributed by atoms with E-state index in [0.717, 1.165) is 26.2 Å². The van der Waals surface area contributed by atoms with Gasteiger partial charge in [0.2, 0.25) is 5.13 Å². The Morgan fingerprint density at radius 2 is 2.17 bits per heavy atom. The van der Waals surface area contributed by atoms with Crippen LogP contribution in [0.15, 0.2) is 35.8 Å². The highest BCUT2D eigenvalue weighted by Crippen LogP contribution is 2.24. The molecule has 1 atom stereocenters. The van der Waals surface area contributed by atoms with Crippen molar-refractivity contribution in [1.29, 1.82) is 0 Å². The molecule has 2 aromatic rings. The first-order valence-electron chi connectivity index (χ1n) is 8.01. The number of hydrogen-bond acceptors (Lipinski definition) is 6. The predicted molar refractivity (Wildman–Crippen MR) is 95.2 cm³/mol. The standard InChI is InChI=1S/C16H22N6OS/c1-21-9-10-22(14(11-21)13-5-3-2-4-6-13)8-7-17-15(23)19-16-20-18-12-24-16/h2-6,12,14H,7-11H2,1H3,(H2,17,19,20,23)/t14-/m0/s1. The maximum Gasteiger partial charge on any atom is 0.321 e. The number of likely N-dealkylation sites (N-methyl/N-ethyl adjacent to an activating group) is 1. The van der Waals surface area contributed by atoms with Gasteiger partial charge in [-0.2, -0.15) is 0 Å². The summed E-state index contributed by atoms with van der Waals surface area (Å²) in [6.07, 6.45) is 0. The number of nitrogens with one attached hydrogen (secondary N) is 2. The Balaban J connectivity index is 1.51.